The highest BCUT2D eigenvalue weighted by molar-refractivity contribution is 7.91. The van der Waals surface area contributed by atoms with Crippen LogP contribution in [0, 0.1) is 13.8 Å². The molecule has 0 N–H and O–H groups in total. The van der Waals surface area contributed by atoms with Crippen LogP contribution < -0.4 is 9.47 Å². The Morgan fingerprint density at radius 1 is 0.710 bits per heavy atom. The van der Waals surface area contributed by atoms with Gasteiger partial charge in [0.25, 0.3) is 0 Å². The number of hydrogen-bond acceptors (Lipinski definition) is 6. The zero-order chi connectivity index (χ0) is 22.5. The molecule has 6 nitrogen and oxygen atoms in total. The fraction of sp³-hybridized carbons (Fsp3) is 0.167. The summed E-state index contributed by atoms with van der Waals surface area (Å²) < 4.78 is 37.5. The summed E-state index contributed by atoms with van der Waals surface area (Å²) >= 11 is 0. The van der Waals surface area contributed by atoms with Crippen LogP contribution >= 0.6 is 0 Å². The number of ether oxygens (including phenoxy) is 2. The highest BCUT2D eigenvalue weighted by atomic mass is 32.2. The smallest absolute Gasteiger partial charge is 0.207 e. The van der Waals surface area contributed by atoms with Crippen LogP contribution in [0.15, 0.2) is 58.3 Å². The molecule has 1 aliphatic carbocycles. The first kappa shape index (κ1) is 20.8. The second kappa shape index (κ2) is 7.35. The highest BCUT2D eigenvalue weighted by Gasteiger charge is 2.38. The maximum atomic E-state index is 13.6. The summed E-state index contributed by atoms with van der Waals surface area (Å²) in [5.41, 5.74) is 1.54. The number of hydrogen-bond donors (Lipinski definition) is 0. The van der Waals surface area contributed by atoms with Crippen LogP contribution in [-0.4, -0.2) is 34.2 Å². The molecule has 0 saturated carbocycles. The van der Waals surface area contributed by atoms with E-state index in [1.165, 1.54) is 44.6 Å². The molecule has 158 valence electrons. The van der Waals surface area contributed by atoms with Gasteiger partial charge in [-0.3, -0.25) is 9.59 Å². The highest BCUT2D eigenvalue weighted by Crippen LogP contribution is 2.40. The van der Waals surface area contributed by atoms with Crippen molar-refractivity contribution in [1.82, 2.24) is 0 Å². The van der Waals surface area contributed by atoms with E-state index in [4.69, 9.17) is 9.47 Å². The molecule has 4 rings (SSSR count). The Hall–Kier alpha value is -3.45. The first-order chi connectivity index (χ1) is 14.7. The molecule has 3 aromatic rings. The van der Waals surface area contributed by atoms with Crippen molar-refractivity contribution in [3.05, 3.63) is 81.9 Å². The molecule has 0 aliphatic heterocycles. The van der Waals surface area contributed by atoms with Gasteiger partial charge in [-0.2, -0.15) is 0 Å². The quantitative estimate of drug-likeness (QED) is 0.482. The van der Waals surface area contributed by atoms with Crippen molar-refractivity contribution in [2.75, 3.05) is 14.2 Å². The molecule has 0 atom stereocenters. The normalized spacial score (nSPS) is 12.9. The Morgan fingerprint density at radius 3 is 1.97 bits per heavy atom. The average molecular weight is 436 g/mol. The van der Waals surface area contributed by atoms with E-state index in [0.717, 1.165) is 5.56 Å². The maximum Gasteiger partial charge on any atom is 0.207 e. The lowest BCUT2D eigenvalue weighted by molar-refractivity contribution is 0.0973. The average Bonchev–Trinajstić information content (AvgIpc) is 2.76. The SMILES string of the molecule is COc1cc(OC)c2c(c1)C(=O)c1cc(C)cc(S(=O)(=O)c3ccc(C)cc3)c1C2=O. The summed E-state index contributed by atoms with van der Waals surface area (Å²) in [5.74, 6) is -0.515. The molecule has 31 heavy (non-hydrogen) atoms. The molecule has 0 amide bonds. The number of carbonyl (C=O) groups excluding carboxylic acids is 2. The van der Waals surface area contributed by atoms with Gasteiger partial charge in [0.1, 0.15) is 11.5 Å². The minimum absolute atomic E-state index is 0.0324. The van der Waals surface area contributed by atoms with Crippen molar-refractivity contribution in [2.24, 2.45) is 0 Å². The number of carbonyl (C=O) groups is 2. The lowest BCUT2D eigenvalue weighted by Gasteiger charge is -2.23. The van der Waals surface area contributed by atoms with Crippen LogP contribution in [0.2, 0.25) is 0 Å². The predicted octanol–water partition coefficient (Wildman–Crippen LogP) is 3.93. The molecule has 1 aliphatic rings. The van der Waals surface area contributed by atoms with Gasteiger partial charge in [0.2, 0.25) is 9.84 Å². The third-order valence-electron chi connectivity index (χ3n) is 5.34. The van der Waals surface area contributed by atoms with Crippen molar-refractivity contribution in [3.8, 4) is 11.5 Å². The number of methoxy groups -OCH3 is 2. The van der Waals surface area contributed by atoms with Gasteiger partial charge >= 0.3 is 0 Å². The van der Waals surface area contributed by atoms with Gasteiger partial charge in [0, 0.05) is 17.2 Å². The first-order valence-electron chi connectivity index (χ1n) is 9.51. The fourth-order valence-corrected chi connectivity index (χ4v) is 5.34. The van der Waals surface area contributed by atoms with Crippen molar-refractivity contribution in [3.63, 3.8) is 0 Å². The van der Waals surface area contributed by atoms with Gasteiger partial charge in [-0.05, 0) is 49.7 Å². The van der Waals surface area contributed by atoms with E-state index in [0.29, 0.717) is 11.3 Å². The Bertz CT molecular complexity index is 1350. The molecule has 0 saturated heterocycles. The van der Waals surface area contributed by atoms with Gasteiger partial charge in [-0.1, -0.05) is 17.7 Å². The van der Waals surface area contributed by atoms with E-state index in [9.17, 15) is 18.0 Å². The molecule has 0 radical (unpaired) electrons. The number of rotatable bonds is 4. The Balaban J connectivity index is 2.03. The van der Waals surface area contributed by atoms with Gasteiger partial charge in [-0.15, -0.1) is 0 Å². The van der Waals surface area contributed by atoms with Crippen LogP contribution in [0.1, 0.15) is 43.0 Å². The second-order valence-electron chi connectivity index (χ2n) is 7.41. The molecule has 0 aromatic heterocycles. The monoisotopic (exact) mass is 436 g/mol. The van der Waals surface area contributed by atoms with Gasteiger partial charge in [0.05, 0.1) is 35.1 Å². The topological polar surface area (TPSA) is 86.7 Å². The minimum Gasteiger partial charge on any atom is -0.497 e. The van der Waals surface area contributed by atoms with Crippen molar-refractivity contribution >= 4 is 21.4 Å². The van der Waals surface area contributed by atoms with Gasteiger partial charge in [-0.25, -0.2) is 8.42 Å². The molecule has 0 bridgehead atoms. The summed E-state index contributed by atoms with van der Waals surface area (Å²) in [6.07, 6.45) is 0. The lowest BCUT2D eigenvalue weighted by Crippen LogP contribution is -2.25. The van der Waals surface area contributed by atoms with Crippen LogP contribution in [0.5, 0.6) is 11.5 Å². The predicted molar refractivity (Wildman–Crippen MR) is 114 cm³/mol. The number of sulfone groups is 1. The van der Waals surface area contributed by atoms with Crippen LogP contribution in [-0.2, 0) is 9.84 Å². The first-order valence-corrected chi connectivity index (χ1v) is 11.0. The van der Waals surface area contributed by atoms with E-state index in [2.05, 4.69) is 0 Å². The van der Waals surface area contributed by atoms with Crippen molar-refractivity contribution in [2.45, 2.75) is 23.6 Å². The molecular formula is C24H20O6S. The second-order valence-corrected chi connectivity index (χ2v) is 9.33. The minimum atomic E-state index is -4.05. The third kappa shape index (κ3) is 3.21. The summed E-state index contributed by atoms with van der Waals surface area (Å²) in [5, 5.41) is 0. The van der Waals surface area contributed by atoms with E-state index >= 15 is 0 Å². The van der Waals surface area contributed by atoms with Gasteiger partial charge in [0.15, 0.2) is 11.6 Å². The molecule has 0 unspecified atom stereocenters. The van der Waals surface area contributed by atoms with Gasteiger partial charge < -0.3 is 9.47 Å². The van der Waals surface area contributed by atoms with Crippen molar-refractivity contribution in [1.29, 1.82) is 0 Å². The zero-order valence-corrected chi connectivity index (χ0v) is 18.3. The molecular weight excluding hydrogens is 416 g/mol. The summed E-state index contributed by atoms with van der Waals surface area (Å²) in [6, 6.07) is 12.3. The van der Waals surface area contributed by atoms with Crippen molar-refractivity contribution < 1.29 is 27.5 Å². The molecule has 7 heteroatoms. The zero-order valence-electron chi connectivity index (χ0n) is 17.5. The van der Waals surface area contributed by atoms with E-state index in [1.54, 1.807) is 25.1 Å². The number of ketones is 2. The third-order valence-corrected chi connectivity index (χ3v) is 7.14. The molecule has 0 fully saturated rings. The standard InChI is InChI=1S/C24H20O6S/c1-13-5-7-16(8-6-13)31(27,28)20-10-14(2)9-17-22(20)24(26)21-18(23(17)25)11-15(29-3)12-19(21)30-4/h5-12H,1-4H3. The summed E-state index contributed by atoms with van der Waals surface area (Å²) in [4.78, 5) is 26.8. The summed E-state index contributed by atoms with van der Waals surface area (Å²) in [7, 11) is -1.23. The number of benzene rings is 3. The van der Waals surface area contributed by atoms with Crippen LogP contribution in [0.25, 0.3) is 0 Å². The Labute approximate surface area is 180 Å². The molecule has 0 heterocycles. The number of fused-ring (bicyclic) bond motifs is 2. The maximum absolute atomic E-state index is 13.6. The fourth-order valence-electron chi connectivity index (χ4n) is 3.78. The van der Waals surface area contributed by atoms with Crippen LogP contribution in [0.4, 0.5) is 0 Å². The van der Waals surface area contributed by atoms with E-state index < -0.39 is 21.4 Å². The molecule has 0 spiro atoms. The number of aryl methyl sites for hydroxylation is 2. The van der Waals surface area contributed by atoms with Crippen LogP contribution in [0.3, 0.4) is 0 Å². The largest absolute Gasteiger partial charge is 0.497 e. The Morgan fingerprint density at radius 2 is 1.35 bits per heavy atom. The lowest BCUT2D eigenvalue weighted by atomic mass is 9.82. The molecule has 3 aromatic carbocycles. The Kier molecular flexibility index (Phi) is 4.94. The van der Waals surface area contributed by atoms with E-state index in [1.807, 2.05) is 6.92 Å². The van der Waals surface area contributed by atoms with E-state index in [-0.39, 0.29) is 37.8 Å². The summed E-state index contributed by atoms with van der Waals surface area (Å²) in [6.45, 7) is 3.54.